The molecular formula is C28H29NO6. The molecule has 35 heavy (non-hydrogen) atoms. The van der Waals surface area contributed by atoms with Gasteiger partial charge in [-0.05, 0) is 47.9 Å². The molecule has 0 aromatic heterocycles. The quantitative estimate of drug-likeness (QED) is 0.375. The Kier molecular flexibility index (Phi) is 7.36. The molecule has 3 atom stereocenters. The molecule has 0 aliphatic carbocycles. The zero-order valence-electron chi connectivity index (χ0n) is 20.0. The van der Waals surface area contributed by atoms with Crippen molar-refractivity contribution in [1.29, 1.82) is 0 Å². The maximum absolute atomic E-state index is 13.3. The maximum Gasteiger partial charge on any atom is 0.330 e. The number of hydrogen-bond acceptors (Lipinski definition) is 6. The first-order valence-corrected chi connectivity index (χ1v) is 11.4. The molecule has 4 rings (SSSR count). The summed E-state index contributed by atoms with van der Waals surface area (Å²) in [6.07, 6.45) is -1.000. The second kappa shape index (κ2) is 10.6. The second-order valence-corrected chi connectivity index (χ2v) is 8.50. The predicted octanol–water partition coefficient (Wildman–Crippen LogP) is 3.74. The number of amides is 1. The van der Waals surface area contributed by atoms with Crippen molar-refractivity contribution < 1.29 is 28.9 Å². The molecule has 0 spiro atoms. The molecule has 7 heteroatoms. The fourth-order valence-corrected chi connectivity index (χ4v) is 4.45. The van der Waals surface area contributed by atoms with Gasteiger partial charge in [0.2, 0.25) is 5.91 Å². The minimum Gasteiger partial charge on any atom is -0.497 e. The Morgan fingerprint density at radius 2 is 1.40 bits per heavy atom. The summed E-state index contributed by atoms with van der Waals surface area (Å²) >= 11 is 0. The first-order chi connectivity index (χ1) is 16.9. The molecule has 0 radical (unpaired) electrons. The lowest BCUT2D eigenvalue weighted by molar-refractivity contribution is -0.184. The van der Waals surface area contributed by atoms with E-state index >= 15 is 0 Å². The summed E-state index contributed by atoms with van der Waals surface area (Å²) in [6, 6.07) is 22.5. The third kappa shape index (κ3) is 5.00. The van der Waals surface area contributed by atoms with E-state index in [0.29, 0.717) is 11.5 Å². The van der Waals surface area contributed by atoms with Gasteiger partial charge in [0.25, 0.3) is 0 Å². The topological polar surface area (TPSA) is 85.3 Å². The van der Waals surface area contributed by atoms with Crippen LogP contribution in [0.25, 0.3) is 0 Å². The van der Waals surface area contributed by atoms with Gasteiger partial charge >= 0.3 is 5.97 Å². The van der Waals surface area contributed by atoms with E-state index in [4.69, 9.17) is 14.2 Å². The van der Waals surface area contributed by atoms with Crippen molar-refractivity contribution in [1.82, 2.24) is 4.90 Å². The Hall–Kier alpha value is -3.84. The highest BCUT2D eigenvalue weighted by atomic mass is 16.5. The number of esters is 1. The van der Waals surface area contributed by atoms with Gasteiger partial charge in [-0.2, -0.15) is 0 Å². The zero-order chi connectivity index (χ0) is 24.9. The number of nitrogens with zero attached hydrogens (tertiary/aromatic N) is 1. The van der Waals surface area contributed by atoms with Gasteiger partial charge in [-0.1, -0.05) is 54.6 Å². The van der Waals surface area contributed by atoms with E-state index in [1.807, 2.05) is 78.9 Å². The minimum absolute atomic E-state index is 0.0838. The van der Waals surface area contributed by atoms with Gasteiger partial charge in [-0.3, -0.25) is 4.79 Å². The summed E-state index contributed by atoms with van der Waals surface area (Å²) in [5, 5.41) is 10.3. The standard InChI is InChI=1S/C28H29NO6/c1-18(30)24-26(28(32)35-17-19-7-5-4-6-8-19)29(27(24)31)25(20-9-13-22(33-2)14-10-20)21-11-15-23(34-3)16-12-21/h4-16,18,24-26,30H,17H2,1-3H3/t18-,24-,26+/m1/s1. The Morgan fingerprint density at radius 1 is 0.886 bits per heavy atom. The van der Waals surface area contributed by atoms with Gasteiger partial charge in [0.1, 0.15) is 24.1 Å². The summed E-state index contributed by atoms with van der Waals surface area (Å²) in [4.78, 5) is 28.1. The SMILES string of the molecule is COc1ccc(C(c2ccc(OC)cc2)N2C(=O)[C@H]([C@@H](C)O)[C@H]2C(=O)OCc2ccccc2)cc1. The molecule has 1 N–H and O–H groups in total. The third-order valence-electron chi connectivity index (χ3n) is 6.31. The molecule has 1 aliphatic rings. The molecule has 3 aromatic carbocycles. The number of carbonyl (C=O) groups excluding carboxylic acids is 2. The number of ether oxygens (including phenoxy) is 3. The van der Waals surface area contributed by atoms with E-state index in [2.05, 4.69) is 0 Å². The average molecular weight is 476 g/mol. The van der Waals surface area contributed by atoms with Crippen LogP contribution < -0.4 is 9.47 Å². The highest BCUT2D eigenvalue weighted by Gasteiger charge is 2.57. The van der Waals surface area contributed by atoms with Crippen LogP contribution in [0.15, 0.2) is 78.9 Å². The monoisotopic (exact) mass is 475 g/mol. The Labute approximate surface area is 204 Å². The summed E-state index contributed by atoms with van der Waals surface area (Å²) in [5.74, 6) is -0.377. The number of carbonyl (C=O) groups is 2. The van der Waals surface area contributed by atoms with Crippen LogP contribution in [0, 0.1) is 5.92 Å². The van der Waals surface area contributed by atoms with Crippen molar-refractivity contribution in [3.05, 3.63) is 95.6 Å². The average Bonchev–Trinajstić information content (AvgIpc) is 2.89. The van der Waals surface area contributed by atoms with Gasteiger partial charge < -0.3 is 24.2 Å². The van der Waals surface area contributed by atoms with Gasteiger partial charge in [-0.25, -0.2) is 4.79 Å². The van der Waals surface area contributed by atoms with Crippen LogP contribution in [-0.2, 0) is 20.9 Å². The van der Waals surface area contributed by atoms with E-state index in [0.717, 1.165) is 16.7 Å². The summed E-state index contributed by atoms with van der Waals surface area (Å²) in [5.41, 5.74) is 2.44. The van der Waals surface area contributed by atoms with E-state index < -0.39 is 30.1 Å². The highest BCUT2D eigenvalue weighted by Crippen LogP contribution is 2.42. The lowest BCUT2D eigenvalue weighted by atomic mass is 9.79. The lowest BCUT2D eigenvalue weighted by Gasteiger charge is -2.50. The predicted molar refractivity (Wildman–Crippen MR) is 130 cm³/mol. The van der Waals surface area contributed by atoms with E-state index in [1.165, 1.54) is 11.8 Å². The number of β-lactam (4-membered cyclic amide) rings is 1. The lowest BCUT2D eigenvalue weighted by Crippen LogP contribution is -2.68. The van der Waals surface area contributed by atoms with Crippen LogP contribution in [0.5, 0.6) is 11.5 Å². The van der Waals surface area contributed by atoms with Crippen molar-refractivity contribution in [3.8, 4) is 11.5 Å². The van der Waals surface area contributed by atoms with Crippen molar-refractivity contribution in [2.45, 2.75) is 31.7 Å². The van der Waals surface area contributed by atoms with Crippen molar-refractivity contribution in [2.24, 2.45) is 5.92 Å². The Balaban J connectivity index is 1.69. The van der Waals surface area contributed by atoms with Crippen LogP contribution >= 0.6 is 0 Å². The largest absolute Gasteiger partial charge is 0.497 e. The number of aliphatic hydroxyl groups is 1. The molecule has 1 fully saturated rings. The summed E-state index contributed by atoms with van der Waals surface area (Å²) < 4.78 is 16.2. The van der Waals surface area contributed by atoms with Crippen molar-refractivity contribution in [3.63, 3.8) is 0 Å². The minimum atomic E-state index is -1.000. The first-order valence-electron chi connectivity index (χ1n) is 11.4. The molecule has 1 aliphatic heterocycles. The van der Waals surface area contributed by atoms with Gasteiger partial charge in [0, 0.05) is 0 Å². The van der Waals surface area contributed by atoms with Crippen molar-refractivity contribution >= 4 is 11.9 Å². The first kappa shape index (κ1) is 24.3. The number of methoxy groups -OCH3 is 2. The second-order valence-electron chi connectivity index (χ2n) is 8.50. The number of rotatable bonds is 9. The molecule has 0 unspecified atom stereocenters. The number of aliphatic hydroxyl groups excluding tert-OH is 1. The molecule has 7 nitrogen and oxygen atoms in total. The van der Waals surface area contributed by atoms with E-state index in [9.17, 15) is 14.7 Å². The maximum atomic E-state index is 13.3. The fraction of sp³-hybridized carbons (Fsp3) is 0.286. The number of hydrogen-bond donors (Lipinski definition) is 1. The fourth-order valence-electron chi connectivity index (χ4n) is 4.45. The highest BCUT2D eigenvalue weighted by molar-refractivity contribution is 5.98. The molecule has 3 aromatic rings. The van der Waals surface area contributed by atoms with Crippen LogP contribution in [-0.4, -0.2) is 48.2 Å². The Morgan fingerprint density at radius 3 is 1.86 bits per heavy atom. The van der Waals surface area contributed by atoms with Gasteiger partial charge in [0.05, 0.1) is 32.3 Å². The molecular weight excluding hydrogens is 446 g/mol. The van der Waals surface area contributed by atoms with E-state index in [-0.39, 0.29) is 12.5 Å². The molecule has 1 heterocycles. The van der Waals surface area contributed by atoms with E-state index in [1.54, 1.807) is 14.2 Å². The van der Waals surface area contributed by atoms with Gasteiger partial charge in [-0.15, -0.1) is 0 Å². The molecule has 1 amide bonds. The van der Waals surface area contributed by atoms with Crippen LogP contribution in [0.4, 0.5) is 0 Å². The van der Waals surface area contributed by atoms with Crippen molar-refractivity contribution in [2.75, 3.05) is 14.2 Å². The molecule has 1 saturated heterocycles. The molecule has 0 bridgehead atoms. The Bertz CT molecular complexity index is 1100. The number of likely N-dealkylation sites (tertiary alicyclic amines) is 1. The normalized spacial score (nSPS) is 18.1. The third-order valence-corrected chi connectivity index (χ3v) is 6.31. The van der Waals surface area contributed by atoms with Crippen LogP contribution in [0.2, 0.25) is 0 Å². The molecule has 182 valence electrons. The van der Waals surface area contributed by atoms with Crippen LogP contribution in [0.1, 0.15) is 29.7 Å². The zero-order valence-corrected chi connectivity index (χ0v) is 20.0. The number of benzene rings is 3. The van der Waals surface area contributed by atoms with Gasteiger partial charge in [0.15, 0.2) is 0 Å². The molecule has 0 saturated carbocycles. The smallest absolute Gasteiger partial charge is 0.330 e. The van der Waals surface area contributed by atoms with Crippen LogP contribution in [0.3, 0.4) is 0 Å². The summed E-state index contributed by atoms with van der Waals surface area (Å²) in [6.45, 7) is 1.60. The summed E-state index contributed by atoms with van der Waals surface area (Å²) in [7, 11) is 3.17.